The van der Waals surface area contributed by atoms with Gasteiger partial charge >= 0.3 is 6.18 Å². The van der Waals surface area contributed by atoms with Crippen LogP contribution in [0.1, 0.15) is 36.0 Å². The lowest BCUT2D eigenvalue weighted by Crippen LogP contribution is -2.39. The van der Waals surface area contributed by atoms with Gasteiger partial charge in [0.25, 0.3) is 5.91 Å². The summed E-state index contributed by atoms with van der Waals surface area (Å²) in [5, 5.41) is 3.30. The monoisotopic (exact) mass is 486 g/mol. The molecule has 0 spiro atoms. The fraction of sp³-hybridized carbons (Fsp3) is 0.409. The first-order chi connectivity index (χ1) is 15.6. The van der Waals surface area contributed by atoms with Crippen LogP contribution in [0, 0.1) is 0 Å². The number of carbonyl (C=O) groups is 2. The van der Waals surface area contributed by atoms with E-state index in [0.717, 1.165) is 10.6 Å². The maximum Gasteiger partial charge on any atom is 0.406 e. The molecule has 0 saturated carbocycles. The number of halogens is 4. The third-order valence-electron chi connectivity index (χ3n) is 4.51. The number of ether oxygens (including phenoxy) is 1. The highest BCUT2D eigenvalue weighted by atomic mass is 35.5. The molecule has 0 fully saturated rings. The summed E-state index contributed by atoms with van der Waals surface area (Å²) in [5.74, 6) is -0.999. The summed E-state index contributed by atoms with van der Waals surface area (Å²) in [5.41, 5.74) is 5.92. The second-order valence-corrected chi connectivity index (χ2v) is 7.74. The summed E-state index contributed by atoms with van der Waals surface area (Å²) in [6.45, 7) is -0.816. The average molecular weight is 487 g/mol. The summed E-state index contributed by atoms with van der Waals surface area (Å²) in [4.78, 5) is 28.3. The lowest BCUT2D eigenvalue weighted by Gasteiger charge is -2.24. The van der Waals surface area contributed by atoms with Crippen molar-refractivity contribution in [1.29, 1.82) is 0 Å². The first kappa shape index (κ1) is 26.2. The van der Waals surface area contributed by atoms with E-state index in [4.69, 9.17) is 22.1 Å². The van der Waals surface area contributed by atoms with Crippen LogP contribution >= 0.6 is 11.6 Å². The Morgan fingerprint density at radius 2 is 1.85 bits per heavy atom. The number of hydrogen-bond donors (Lipinski definition) is 2. The SMILES string of the molecule is NC(=O)CCCCCN(CC(F)(F)F)C(=O)c1cc(Cl)cc(OCCNc2ccncc2)c1. The van der Waals surface area contributed by atoms with Crippen LogP contribution in [-0.4, -0.2) is 54.1 Å². The van der Waals surface area contributed by atoms with Gasteiger partial charge in [-0.05, 0) is 43.2 Å². The second kappa shape index (κ2) is 12.9. The number of carbonyl (C=O) groups excluding carboxylic acids is 2. The fourth-order valence-corrected chi connectivity index (χ4v) is 3.26. The van der Waals surface area contributed by atoms with Crippen molar-refractivity contribution in [3.63, 3.8) is 0 Å². The number of nitrogens with two attached hydrogens (primary N) is 1. The molecule has 0 atom stereocenters. The van der Waals surface area contributed by atoms with Crippen LogP contribution in [0.2, 0.25) is 5.02 Å². The first-order valence-electron chi connectivity index (χ1n) is 10.4. The number of anilines is 1. The van der Waals surface area contributed by atoms with Crippen molar-refractivity contribution in [1.82, 2.24) is 9.88 Å². The Morgan fingerprint density at radius 1 is 1.12 bits per heavy atom. The molecule has 0 aliphatic rings. The maximum absolute atomic E-state index is 13.1. The lowest BCUT2D eigenvalue weighted by molar-refractivity contribution is -0.140. The number of unbranched alkanes of at least 4 members (excludes halogenated alkanes) is 2. The summed E-state index contributed by atoms with van der Waals surface area (Å²) in [6.07, 6.45) is 0.105. The quantitative estimate of drug-likeness (QED) is 0.412. The average Bonchev–Trinajstić information content (AvgIpc) is 2.74. The predicted octanol–water partition coefficient (Wildman–Crippen LogP) is 4.28. The van der Waals surface area contributed by atoms with Crippen molar-refractivity contribution < 1.29 is 27.5 Å². The molecule has 11 heteroatoms. The number of aromatic nitrogens is 1. The van der Waals surface area contributed by atoms with E-state index in [1.807, 2.05) is 0 Å². The molecule has 2 rings (SSSR count). The van der Waals surface area contributed by atoms with Gasteiger partial charge in [-0.15, -0.1) is 0 Å². The highest BCUT2D eigenvalue weighted by Gasteiger charge is 2.33. The summed E-state index contributed by atoms with van der Waals surface area (Å²) in [6, 6.07) is 7.75. The zero-order valence-electron chi connectivity index (χ0n) is 17.9. The molecule has 0 radical (unpaired) electrons. The van der Waals surface area contributed by atoms with Gasteiger partial charge in [-0.1, -0.05) is 18.0 Å². The normalized spacial score (nSPS) is 11.2. The van der Waals surface area contributed by atoms with Gasteiger partial charge in [-0.25, -0.2) is 0 Å². The van der Waals surface area contributed by atoms with Crippen LogP contribution in [-0.2, 0) is 4.79 Å². The molecule has 0 bridgehead atoms. The van der Waals surface area contributed by atoms with Crippen molar-refractivity contribution in [3.05, 3.63) is 53.3 Å². The topological polar surface area (TPSA) is 97.6 Å². The van der Waals surface area contributed by atoms with Gasteiger partial charge in [0.15, 0.2) is 0 Å². The smallest absolute Gasteiger partial charge is 0.406 e. The number of nitrogens with zero attached hydrogens (tertiary/aromatic N) is 2. The Kier molecular flexibility index (Phi) is 10.2. The molecular formula is C22H26ClF3N4O3. The zero-order chi connectivity index (χ0) is 24.3. The number of rotatable bonds is 13. The maximum atomic E-state index is 13.1. The van der Waals surface area contributed by atoms with E-state index in [0.29, 0.717) is 25.8 Å². The van der Waals surface area contributed by atoms with Crippen molar-refractivity contribution in [2.75, 3.05) is 31.6 Å². The molecule has 180 valence electrons. The molecule has 0 aliphatic carbocycles. The molecule has 1 aromatic carbocycles. The number of amides is 2. The standard InChI is InChI=1S/C22H26ClF3N4O3/c23-17-12-16(13-19(14-17)33-11-9-29-18-5-7-28-8-6-18)21(32)30(15-22(24,25)26)10-3-1-2-4-20(27)31/h5-8,12-14H,1-4,9-11,15H2,(H2,27,31)(H,28,29). The Labute approximate surface area is 195 Å². The Balaban J connectivity index is 1.99. The van der Waals surface area contributed by atoms with Gasteiger partial charge in [0, 0.05) is 48.2 Å². The largest absolute Gasteiger partial charge is 0.492 e. The molecule has 2 amide bonds. The predicted molar refractivity (Wildman–Crippen MR) is 119 cm³/mol. The molecular weight excluding hydrogens is 461 g/mol. The third kappa shape index (κ3) is 10.4. The summed E-state index contributed by atoms with van der Waals surface area (Å²) >= 11 is 6.08. The van der Waals surface area contributed by atoms with Crippen LogP contribution in [0.5, 0.6) is 5.75 Å². The van der Waals surface area contributed by atoms with Crippen LogP contribution < -0.4 is 15.8 Å². The van der Waals surface area contributed by atoms with E-state index in [1.165, 1.54) is 18.2 Å². The molecule has 7 nitrogen and oxygen atoms in total. The van der Waals surface area contributed by atoms with E-state index in [1.54, 1.807) is 24.5 Å². The summed E-state index contributed by atoms with van der Waals surface area (Å²) < 4.78 is 44.8. The van der Waals surface area contributed by atoms with Crippen molar-refractivity contribution in [2.45, 2.75) is 31.9 Å². The van der Waals surface area contributed by atoms with Crippen LogP contribution in [0.3, 0.4) is 0 Å². The minimum Gasteiger partial charge on any atom is -0.492 e. The highest BCUT2D eigenvalue weighted by molar-refractivity contribution is 6.31. The number of hydrogen-bond acceptors (Lipinski definition) is 5. The van der Waals surface area contributed by atoms with Gasteiger partial charge in [0.2, 0.25) is 5.91 Å². The number of primary amides is 1. The molecule has 0 unspecified atom stereocenters. The molecule has 0 saturated heterocycles. The van der Waals surface area contributed by atoms with Gasteiger partial charge in [0.05, 0.1) is 0 Å². The first-order valence-corrected chi connectivity index (χ1v) is 10.7. The van der Waals surface area contributed by atoms with E-state index in [2.05, 4.69) is 10.3 Å². The minimum absolute atomic E-state index is 0.000906. The van der Waals surface area contributed by atoms with Crippen LogP contribution in [0.25, 0.3) is 0 Å². The van der Waals surface area contributed by atoms with E-state index >= 15 is 0 Å². The van der Waals surface area contributed by atoms with E-state index < -0.39 is 24.5 Å². The number of pyridine rings is 1. The van der Waals surface area contributed by atoms with Gasteiger partial charge in [0.1, 0.15) is 18.9 Å². The van der Waals surface area contributed by atoms with Crippen LogP contribution in [0.15, 0.2) is 42.7 Å². The Bertz CT molecular complexity index is 914. The van der Waals surface area contributed by atoms with Gasteiger partial charge in [-0.2, -0.15) is 13.2 Å². The highest BCUT2D eigenvalue weighted by Crippen LogP contribution is 2.24. The fourth-order valence-electron chi connectivity index (χ4n) is 3.03. The van der Waals surface area contributed by atoms with Gasteiger partial charge < -0.3 is 20.7 Å². The van der Waals surface area contributed by atoms with E-state index in [-0.39, 0.29) is 35.9 Å². The number of alkyl halides is 3. The van der Waals surface area contributed by atoms with Crippen molar-refractivity contribution in [2.24, 2.45) is 5.73 Å². The van der Waals surface area contributed by atoms with Crippen molar-refractivity contribution >= 4 is 29.1 Å². The lowest BCUT2D eigenvalue weighted by atomic mass is 10.1. The van der Waals surface area contributed by atoms with Gasteiger partial charge in [-0.3, -0.25) is 14.6 Å². The Hall–Kier alpha value is -3.01. The van der Waals surface area contributed by atoms with E-state index in [9.17, 15) is 22.8 Å². The van der Waals surface area contributed by atoms with Crippen LogP contribution in [0.4, 0.5) is 18.9 Å². The number of nitrogens with one attached hydrogen (secondary N) is 1. The second-order valence-electron chi connectivity index (χ2n) is 7.31. The minimum atomic E-state index is -4.56. The Morgan fingerprint density at radius 3 is 2.52 bits per heavy atom. The molecule has 3 N–H and O–H groups in total. The molecule has 1 heterocycles. The zero-order valence-corrected chi connectivity index (χ0v) is 18.7. The number of benzene rings is 1. The molecule has 2 aromatic rings. The summed E-state index contributed by atoms with van der Waals surface area (Å²) in [7, 11) is 0. The van der Waals surface area contributed by atoms with Crippen molar-refractivity contribution in [3.8, 4) is 5.75 Å². The third-order valence-corrected chi connectivity index (χ3v) is 4.73. The molecule has 0 aliphatic heterocycles. The molecule has 33 heavy (non-hydrogen) atoms. The molecule has 1 aromatic heterocycles.